The van der Waals surface area contributed by atoms with Crippen molar-refractivity contribution in [1.82, 2.24) is 0 Å². The summed E-state index contributed by atoms with van der Waals surface area (Å²) >= 11 is 3.11. The van der Waals surface area contributed by atoms with E-state index in [2.05, 4.69) is 0 Å². The predicted octanol–water partition coefficient (Wildman–Crippen LogP) is 2.01. The van der Waals surface area contributed by atoms with Gasteiger partial charge in [-0.05, 0) is 0 Å². The number of quaternary nitrogens is 1. The second-order valence-electron chi connectivity index (χ2n) is 7.88. The number of carbonyl (C=O) groups excluding carboxylic acids is 1. The first-order valence-corrected chi connectivity index (χ1v) is 13.1. The number of likely N-dealkylation sites (N-methyl/N-ethyl adjacent to an activating group) is 1. The van der Waals surface area contributed by atoms with Crippen LogP contribution in [0, 0.1) is 5.92 Å². The quantitative estimate of drug-likeness (QED) is 0.180. The highest BCUT2D eigenvalue weighted by atomic mass is 32.2. The first kappa shape index (κ1) is 25.5. The van der Waals surface area contributed by atoms with Gasteiger partial charge in [-0.3, -0.25) is 9.36 Å². The zero-order valence-corrected chi connectivity index (χ0v) is 20.3. The summed E-state index contributed by atoms with van der Waals surface area (Å²) in [7, 11) is 1.38. The minimum atomic E-state index is -4.39. The van der Waals surface area contributed by atoms with Gasteiger partial charge in [-0.25, -0.2) is 0 Å². The Balaban J connectivity index is 1.54. The number of carbonyl (C=O) groups is 1. The number of phosphoric acid groups is 1. The van der Waals surface area contributed by atoms with Crippen molar-refractivity contribution in [2.45, 2.75) is 13.0 Å². The van der Waals surface area contributed by atoms with Crippen LogP contribution in [0.5, 0.6) is 11.5 Å². The van der Waals surface area contributed by atoms with E-state index >= 15 is 0 Å². The van der Waals surface area contributed by atoms with E-state index < -0.39 is 13.8 Å². The van der Waals surface area contributed by atoms with Crippen molar-refractivity contribution < 1.29 is 42.0 Å². The minimum absolute atomic E-state index is 0.0296. The summed E-state index contributed by atoms with van der Waals surface area (Å²) in [5.74, 6) is 2.06. The maximum absolute atomic E-state index is 12.0. The number of ether oxygens (including phenoxy) is 3. The molecule has 0 N–H and O–H groups in total. The average molecular weight is 484 g/mol. The van der Waals surface area contributed by atoms with Crippen LogP contribution in [0.3, 0.4) is 0 Å². The lowest BCUT2D eigenvalue weighted by atomic mass is 10.2. The number of rotatable bonds is 13. The van der Waals surface area contributed by atoms with Crippen molar-refractivity contribution in [3.8, 4) is 11.5 Å². The van der Waals surface area contributed by atoms with E-state index in [1.165, 1.54) is 11.3 Å². The first-order valence-electron chi connectivity index (χ1n) is 9.56. The summed E-state index contributed by atoms with van der Waals surface area (Å²) in [6, 6.07) is 0. The van der Waals surface area contributed by atoms with Crippen LogP contribution in [0.25, 0.3) is 0 Å². The molecule has 0 radical (unpaired) electrons. The minimum Gasteiger partial charge on any atom is -0.756 e. The van der Waals surface area contributed by atoms with Gasteiger partial charge < -0.3 is 32.6 Å². The van der Waals surface area contributed by atoms with Gasteiger partial charge in [0.25, 0.3) is 7.82 Å². The number of thioether (sulfide) groups is 1. The third kappa shape index (κ3) is 9.55. The lowest BCUT2D eigenvalue weighted by Gasteiger charge is -2.27. The molecular weight excluding hydrogens is 453 g/mol. The van der Waals surface area contributed by atoms with Crippen molar-refractivity contribution in [3.63, 3.8) is 0 Å². The molecular formula is C18H30NO8PS2. The van der Waals surface area contributed by atoms with Crippen LogP contribution in [0.2, 0.25) is 0 Å². The van der Waals surface area contributed by atoms with Gasteiger partial charge >= 0.3 is 5.97 Å². The maximum Gasteiger partial charge on any atom is 0.309 e. The third-order valence-corrected chi connectivity index (χ3v) is 7.02. The number of esters is 1. The van der Waals surface area contributed by atoms with Gasteiger partial charge in [0.05, 0.1) is 33.7 Å². The van der Waals surface area contributed by atoms with E-state index in [9.17, 15) is 14.3 Å². The summed E-state index contributed by atoms with van der Waals surface area (Å²) in [6.07, 6.45) is -0.0583. The fourth-order valence-corrected chi connectivity index (χ4v) is 4.69. The molecule has 0 spiro atoms. The molecule has 0 saturated carbocycles. The Bertz CT molecular complexity index is 723. The standard InChI is InChI=1S/C18H30NO8PS2/c1-14(10-29-11-15-9-24-16-12-30-13-17(16)27-15)18(20)23-7-8-26-28(21,22)25-6-5-19(2,3)4/h12-15H,5-11H2,1-4H3. The average Bonchev–Trinajstić information content (AvgIpc) is 3.11. The molecule has 172 valence electrons. The fourth-order valence-electron chi connectivity index (χ4n) is 2.28. The molecule has 1 aromatic rings. The first-order chi connectivity index (χ1) is 14.1. The van der Waals surface area contributed by atoms with Crippen molar-refractivity contribution in [1.29, 1.82) is 0 Å². The summed E-state index contributed by atoms with van der Waals surface area (Å²) in [6.45, 7) is 2.37. The number of fused-ring (bicyclic) bond motifs is 1. The second-order valence-corrected chi connectivity index (χ2v) is 11.1. The topological polar surface area (TPSA) is 103 Å². The summed E-state index contributed by atoms with van der Waals surface area (Å²) in [5, 5.41) is 3.81. The van der Waals surface area contributed by atoms with E-state index in [1.54, 1.807) is 18.7 Å². The Labute approximate surface area is 185 Å². The molecule has 0 aromatic carbocycles. The summed E-state index contributed by atoms with van der Waals surface area (Å²) < 4.78 is 38.3. The molecule has 0 saturated heterocycles. The Hall–Kier alpha value is -0.810. The Morgan fingerprint density at radius 3 is 2.73 bits per heavy atom. The van der Waals surface area contributed by atoms with Gasteiger partial charge in [-0.15, -0.1) is 11.3 Å². The number of phosphoric ester groups is 1. The van der Waals surface area contributed by atoms with Gasteiger partial charge in [-0.2, -0.15) is 11.8 Å². The normalized spacial score (nSPS) is 19.2. The van der Waals surface area contributed by atoms with E-state index in [4.69, 9.17) is 23.3 Å². The molecule has 3 atom stereocenters. The molecule has 30 heavy (non-hydrogen) atoms. The Kier molecular flexibility index (Phi) is 9.93. The molecule has 1 aliphatic heterocycles. The van der Waals surface area contributed by atoms with Crippen LogP contribution in [0.1, 0.15) is 6.92 Å². The van der Waals surface area contributed by atoms with Gasteiger partial charge in [0, 0.05) is 22.3 Å². The second kappa shape index (κ2) is 11.7. The third-order valence-electron chi connectivity index (χ3n) is 3.97. The van der Waals surface area contributed by atoms with Crippen molar-refractivity contribution >= 4 is 36.9 Å². The number of hydrogen-bond acceptors (Lipinski definition) is 10. The monoisotopic (exact) mass is 483 g/mol. The van der Waals surface area contributed by atoms with Crippen LogP contribution < -0.4 is 14.4 Å². The lowest BCUT2D eigenvalue weighted by Crippen LogP contribution is -2.37. The van der Waals surface area contributed by atoms with Gasteiger partial charge in [-0.1, -0.05) is 6.92 Å². The van der Waals surface area contributed by atoms with Crippen LogP contribution in [0.15, 0.2) is 10.8 Å². The largest absolute Gasteiger partial charge is 0.756 e. The van der Waals surface area contributed by atoms with Gasteiger partial charge in [0.15, 0.2) is 11.5 Å². The van der Waals surface area contributed by atoms with Crippen molar-refractivity contribution in [2.24, 2.45) is 5.92 Å². The zero-order chi connectivity index (χ0) is 22.2. The lowest BCUT2D eigenvalue weighted by molar-refractivity contribution is -0.870. The number of hydrogen-bond donors (Lipinski definition) is 0. The zero-order valence-electron chi connectivity index (χ0n) is 17.7. The Morgan fingerprint density at radius 2 is 2.00 bits per heavy atom. The molecule has 1 aliphatic rings. The molecule has 9 nitrogen and oxygen atoms in total. The van der Waals surface area contributed by atoms with E-state index in [0.717, 1.165) is 11.5 Å². The fraction of sp³-hybridized carbons (Fsp3) is 0.722. The summed E-state index contributed by atoms with van der Waals surface area (Å²) in [4.78, 5) is 23.7. The highest BCUT2D eigenvalue weighted by Gasteiger charge is 2.23. The van der Waals surface area contributed by atoms with Crippen LogP contribution in [-0.4, -0.2) is 82.2 Å². The molecule has 0 amide bonds. The summed E-state index contributed by atoms with van der Waals surface area (Å²) in [5.41, 5.74) is 0. The molecule has 2 rings (SSSR count). The molecule has 0 aliphatic carbocycles. The molecule has 0 fully saturated rings. The van der Waals surface area contributed by atoms with Crippen LogP contribution in [0.4, 0.5) is 0 Å². The predicted molar refractivity (Wildman–Crippen MR) is 114 cm³/mol. The highest BCUT2D eigenvalue weighted by molar-refractivity contribution is 7.99. The van der Waals surface area contributed by atoms with E-state index in [1.807, 2.05) is 31.9 Å². The molecule has 12 heteroatoms. The molecule has 3 unspecified atom stereocenters. The highest BCUT2D eigenvalue weighted by Crippen LogP contribution is 2.38. The van der Waals surface area contributed by atoms with Gasteiger partial charge in [0.2, 0.25) is 0 Å². The molecule has 2 heterocycles. The van der Waals surface area contributed by atoms with Crippen molar-refractivity contribution in [2.75, 3.05) is 65.6 Å². The maximum atomic E-state index is 12.0. The van der Waals surface area contributed by atoms with Crippen molar-refractivity contribution in [3.05, 3.63) is 10.8 Å². The SMILES string of the molecule is CC(CSCC1COc2cscc2O1)C(=O)OCCOP(=O)([O-])OCC[N+](C)(C)C. The number of thiophene rings is 1. The van der Waals surface area contributed by atoms with E-state index in [-0.39, 0.29) is 31.8 Å². The molecule has 0 bridgehead atoms. The van der Waals surface area contributed by atoms with Crippen LogP contribution in [-0.2, 0) is 23.1 Å². The van der Waals surface area contributed by atoms with Gasteiger partial charge in [0.1, 0.15) is 32.5 Å². The smallest absolute Gasteiger partial charge is 0.309 e. The molecule has 1 aromatic heterocycles. The number of nitrogens with zero attached hydrogens (tertiary/aromatic N) is 1. The van der Waals surface area contributed by atoms with E-state index in [0.29, 0.717) is 29.1 Å². The van der Waals surface area contributed by atoms with Crippen LogP contribution >= 0.6 is 30.9 Å². The Morgan fingerprint density at radius 1 is 1.30 bits per heavy atom.